The first-order valence-corrected chi connectivity index (χ1v) is 10.7. The molecule has 1 aromatic rings. The highest BCUT2D eigenvalue weighted by atomic mass is 32.1. The number of thiophene rings is 1. The van der Waals surface area contributed by atoms with Gasteiger partial charge in [-0.05, 0) is 61.6 Å². The van der Waals surface area contributed by atoms with Gasteiger partial charge in [0.1, 0.15) is 0 Å². The molecule has 1 unspecified atom stereocenters. The first-order valence-electron chi connectivity index (χ1n) is 9.90. The standard InChI is InChI=1S/C21H34N2OS/c1-6-23-11-9-17(10-12-23)22(5)20(24)19-14-15-13-16(21(2,3)4)7-8-18(15)25-19/h14,16-17H,6-13H2,1-5H3. The monoisotopic (exact) mass is 362 g/mol. The predicted octanol–water partition coefficient (Wildman–Crippen LogP) is 4.46. The van der Waals surface area contributed by atoms with Crippen LogP contribution in [0.25, 0.3) is 0 Å². The third-order valence-electron chi connectivity index (χ3n) is 6.39. The molecule has 1 atom stereocenters. The Morgan fingerprint density at radius 3 is 2.56 bits per heavy atom. The van der Waals surface area contributed by atoms with Gasteiger partial charge in [-0.3, -0.25) is 4.79 Å². The van der Waals surface area contributed by atoms with E-state index in [2.05, 4.69) is 38.7 Å². The van der Waals surface area contributed by atoms with Crippen molar-refractivity contribution >= 4 is 17.2 Å². The highest BCUT2D eigenvalue weighted by Gasteiger charge is 2.32. The van der Waals surface area contributed by atoms with Crippen LogP contribution in [-0.4, -0.2) is 48.4 Å². The Balaban J connectivity index is 1.67. The summed E-state index contributed by atoms with van der Waals surface area (Å²) in [5.41, 5.74) is 1.79. The van der Waals surface area contributed by atoms with E-state index in [1.165, 1.54) is 16.9 Å². The smallest absolute Gasteiger partial charge is 0.263 e. The van der Waals surface area contributed by atoms with Crippen molar-refractivity contribution in [2.45, 2.75) is 65.8 Å². The van der Waals surface area contributed by atoms with E-state index in [4.69, 9.17) is 0 Å². The average molecular weight is 363 g/mol. The van der Waals surface area contributed by atoms with Gasteiger partial charge in [0.05, 0.1) is 4.88 Å². The van der Waals surface area contributed by atoms with Crippen LogP contribution in [0.5, 0.6) is 0 Å². The van der Waals surface area contributed by atoms with Crippen molar-refractivity contribution in [2.24, 2.45) is 11.3 Å². The molecule has 0 radical (unpaired) electrons. The van der Waals surface area contributed by atoms with Crippen molar-refractivity contribution in [3.63, 3.8) is 0 Å². The summed E-state index contributed by atoms with van der Waals surface area (Å²) in [6, 6.07) is 2.61. The van der Waals surface area contributed by atoms with Gasteiger partial charge in [0, 0.05) is 31.1 Å². The van der Waals surface area contributed by atoms with E-state index >= 15 is 0 Å². The Morgan fingerprint density at radius 2 is 1.96 bits per heavy atom. The highest BCUT2D eigenvalue weighted by Crippen LogP contribution is 2.40. The number of carbonyl (C=O) groups excluding carboxylic acids is 1. The summed E-state index contributed by atoms with van der Waals surface area (Å²) in [5.74, 6) is 0.968. The molecule has 1 aliphatic heterocycles. The lowest BCUT2D eigenvalue weighted by molar-refractivity contribution is 0.0651. The van der Waals surface area contributed by atoms with Crippen LogP contribution in [0.3, 0.4) is 0 Å². The number of hydrogen-bond donors (Lipinski definition) is 0. The van der Waals surface area contributed by atoms with Gasteiger partial charge in [0.15, 0.2) is 0 Å². The summed E-state index contributed by atoms with van der Waals surface area (Å²) in [5, 5.41) is 0. The quantitative estimate of drug-likeness (QED) is 0.793. The third-order valence-corrected chi connectivity index (χ3v) is 7.62. The summed E-state index contributed by atoms with van der Waals surface area (Å²) >= 11 is 1.75. The number of aryl methyl sites for hydroxylation is 1. The molecule has 0 saturated carbocycles. The molecule has 1 fully saturated rings. The molecule has 2 aliphatic rings. The van der Waals surface area contributed by atoms with Gasteiger partial charge in [-0.1, -0.05) is 27.7 Å². The average Bonchev–Trinajstić information content (AvgIpc) is 3.03. The number of nitrogens with zero attached hydrogens (tertiary/aromatic N) is 2. The number of rotatable bonds is 3. The van der Waals surface area contributed by atoms with Crippen LogP contribution in [0.4, 0.5) is 0 Å². The van der Waals surface area contributed by atoms with Crippen LogP contribution in [-0.2, 0) is 12.8 Å². The maximum Gasteiger partial charge on any atom is 0.263 e. The van der Waals surface area contributed by atoms with E-state index in [9.17, 15) is 4.79 Å². The van der Waals surface area contributed by atoms with Crippen LogP contribution in [0.15, 0.2) is 6.07 Å². The Bertz CT molecular complexity index is 608. The van der Waals surface area contributed by atoms with Crippen molar-refractivity contribution in [2.75, 3.05) is 26.7 Å². The molecule has 4 heteroatoms. The second-order valence-corrected chi connectivity index (χ2v) is 10.1. The van der Waals surface area contributed by atoms with Crippen molar-refractivity contribution in [3.05, 3.63) is 21.4 Å². The second kappa shape index (κ2) is 7.40. The molecule has 1 saturated heterocycles. The lowest BCUT2D eigenvalue weighted by atomic mass is 9.72. The Kier molecular flexibility index (Phi) is 5.60. The summed E-state index contributed by atoms with van der Waals surface area (Å²) in [4.78, 5) is 19.9. The Hall–Kier alpha value is -0.870. The van der Waals surface area contributed by atoms with Crippen molar-refractivity contribution in [1.82, 2.24) is 9.80 Å². The van der Waals surface area contributed by atoms with Crippen LogP contribution >= 0.6 is 11.3 Å². The molecule has 1 aromatic heterocycles. The summed E-state index contributed by atoms with van der Waals surface area (Å²) in [7, 11) is 2.01. The molecule has 3 rings (SSSR count). The Labute approximate surface area is 157 Å². The summed E-state index contributed by atoms with van der Waals surface area (Å²) in [6.45, 7) is 12.6. The number of piperidine rings is 1. The summed E-state index contributed by atoms with van der Waals surface area (Å²) in [6.07, 6.45) is 5.76. The van der Waals surface area contributed by atoms with Crippen LogP contribution in [0.2, 0.25) is 0 Å². The zero-order chi connectivity index (χ0) is 18.2. The van der Waals surface area contributed by atoms with Crippen LogP contribution in [0.1, 0.15) is 67.1 Å². The largest absolute Gasteiger partial charge is 0.338 e. The van der Waals surface area contributed by atoms with Crippen molar-refractivity contribution in [3.8, 4) is 0 Å². The molecule has 0 N–H and O–H groups in total. The van der Waals surface area contributed by atoms with Gasteiger partial charge < -0.3 is 9.80 Å². The minimum absolute atomic E-state index is 0.238. The fourth-order valence-electron chi connectivity index (χ4n) is 4.33. The second-order valence-electron chi connectivity index (χ2n) is 8.95. The molecular weight excluding hydrogens is 328 g/mol. The molecule has 140 valence electrons. The molecular formula is C21H34N2OS. The zero-order valence-electron chi connectivity index (χ0n) is 16.6. The van der Waals surface area contributed by atoms with E-state index in [-0.39, 0.29) is 5.91 Å². The molecule has 1 amide bonds. The first-order chi connectivity index (χ1) is 11.8. The molecule has 2 heterocycles. The number of fused-ring (bicyclic) bond motifs is 1. The maximum absolute atomic E-state index is 13.0. The van der Waals surface area contributed by atoms with E-state index in [0.29, 0.717) is 11.5 Å². The van der Waals surface area contributed by atoms with Crippen LogP contribution in [0, 0.1) is 11.3 Å². The van der Waals surface area contributed by atoms with Gasteiger partial charge in [0.25, 0.3) is 5.91 Å². The molecule has 3 nitrogen and oxygen atoms in total. The fraction of sp³-hybridized carbons (Fsp3) is 0.762. The molecule has 0 bridgehead atoms. The van der Waals surface area contributed by atoms with Gasteiger partial charge in [-0.25, -0.2) is 0 Å². The normalized spacial score (nSPS) is 22.7. The van der Waals surface area contributed by atoms with Gasteiger partial charge in [-0.15, -0.1) is 11.3 Å². The fourth-order valence-corrected chi connectivity index (χ4v) is 5.52. The Morgan fingerprint density at radius 1 is 1.28 bits per heavy atom. The van der Waals surface area contributed by atoms with Crippen molar-refractivity contribution < 1.29 is 4.79 Å². The number of likely N-dealkylation sites (tertiary alicyclic amines) is 1. The lowest BCUT2D eigenvalue weighted by Gasteiger charge is -2.36. The highest BCUT2D eigenvalue weighted by molar-refractivity contribution is 7.14. The topological polar surface area (TPSA) is 23.6 Å². The lowest BCUT2D eigenvalue weighted by Crippen LogP contribution is -2.45. The molecule has 1 aliphatic carbocycles. The minimum atomic E-state index is 0.238. The number of amides is 1. The molecule has 0 spiro atoms. The third kappa shape index (κ3) is 4.11. The van der Waals surface area contributed by atoms with E-state index < -0.39 is 0 Å². The van der Waals surface area contributed by atoms with Gasteiger partial charge >= 0.3 is 0 Å². The SMILES string of the molecule is CCN1CCC(N(C)C(=O)c2cc3c(s2)CCC(C(C)(C)C)C3)CC1. The van der Waals surface area contributed by atoms with E-state index in [1.54, 1.807) is 11.3 Å². The van der Waals surface area contributed by atoms with Crippen LogP contribution < -0.4 is 0 Å². The molecule has 25 heavy (non-hydrogen) atoms. The summed E-state index contributed by atoms with van der Waals surface area (Å²) < 4.78 is 0. The van der Waals surface area contributed by atoms with E-state index in [0.717, 1.165) is 56.1 Å². The first kappa shape index (κ1) is 18.9. The maximum atomic E-state index is 13.0. The zero-order valence-corrected chi connectivity index (χ0v) is 17.4. The number of hydrogen-bond acceptors (Lipinski definition) is 3. The minimum Gasteiger partial charge on any atom is -0.338 e. The van der Waals surface area contributed by atoms with Gasteiger partial charge in [-0.2, -0.15) is 0 Å². The predicted molar refractivity (Wildman–Crippen MR) is 107 cm³/mol. The van der Waals surface area contributed by atoms with E-state index in [1.807, 2.05) is 11.9 Å². The molecule has 0 aromatic carbocycles. The van der Waals surface area contributed by atoms with Crippen molar-refractivity contribution in [1.29, 1.82) is 0 Å². The van der Waals surface area contributed by atoms with Gasteiger partial charge in [0.2, 0.25) is 0 Å². The number of carbonyl (C=O) groups is 1.